The van der Waals surface area contributed by atoms with Crippen LogP contribution in [0.2, 0.25) is 0 Å². The molecule has 30 heavy (non-hydrogen) atoms. The molecule has 156 valence electrons. The smallest absolute Gasteiger partial charge is 0.282 e. The van der Waals surface area contributed by atoms with Crippen molar-refractivity contribution in [1.82, 2.24) is 0 Å². The van der Waals surface area contributed by atoms with Crippen LogP contribution in [0.5, 0.6) is 0 Å². The van der Waals surface area contributed by atoms with Crippen molar-refractivity contribution >= 4 is 23.2 Å². The van der Waals surface area contributed by atoms with Gasteiger partial charge in [0, 0.05) is 33.9 Å². The number of benzene rings is 2. The first-order valence-corrected chi connectivity index (χ1v) is 10.8. The minimum atomic E-state index is -0.225. The number of nitrogens with two attached hydrogens (primary N) is 1. The molecular formula is C25H29N2O3+. The zero-order valence-electron chi connectivity index (χ0n) is 17.8. The summed E-state index contributed by atoms with van der Waals surface area (Å²) in [7, 11) is 0. The van der Waals surface area contributed by atoms with E-state index in [1.807, 2.05) is 6.92 Å². The van der Waals surface area contributed by atoms with Crippen molar-refractivity contribution in [3.8, 4) is 0 Å². The number of hydrogen-bond acceptors (Lipinski definition) is 3. The number of anilines is 1. The molecule has 5 heteroatoms. The Hall–Kier alpha value is -2.79. The highest BCUT2D eigenvalue weighted by Crippen LogP contribution is 2.29. The van der Waals surface area contributed by atoms with Gasteiger partial charge in [-0.05, 0) is 50.3 Å². The van der Waals surface area contributed by atoms with E-state index < -0.39 is 0 Å². The molecule has 4 atom stereocenters. The first kappa shape index (κ1) is 20.5. The Bertz CT molecular complexity index is 1010. The van der Waals surface area contributed by atoms with Gasteiger partial charge in [-0.2, -0.15) is 0 Å². The van der Waals surface area contributed by atoms with Crippen LogP contribution in [-0.2, 0) is 4.79 Å². The number of carbonyl (C=O) groups is 3. The number of nitrogens with one attached hydrogen (secondary N) is 1. The van der Waals surface area contributed by atoms with Crippen LogP contribution in [0.15, 0.2) is 42.5 Å². The minimum Gasteiger partial charge on any atom is -0.334 e. The third kappa shape index (κ3) is 3.70. The molecule has 0 saturated heterocycles. The van der Waals surface area contributed by atoms with Crippen molar-refractivity contribution < 1.29 is 19.7 Å². The van der Waals surface area contributed by atoms with Crippen LogP contribution in [-0.4, -0.2) is 29.6 Å². The van der Waals surface area contributed by atoms with Crippen molar-refractivity contribution in [1.29, 1.82) is 0 Å². The Morgan fingerprint density at radius 3 is 2.30 bits per heavy atom. The van der Waals surface area contributed by atoms with Gasteiger partial charge in [-0.3, -0.25) is 14.4 Å². The maximum absolute atomic E-state index is 12.9. The van der Waals surface area contributed by atoms with Crippen molar-refractivity contribution in [3.63, 3.8) is 0 Å². The lowest BCUT2D eigenvalue weighted by molar-refractivity contribution is -0.715. The molecule has 1 amide bonds. The van der Waals surface area contributed by atoms with Gasteiger partial charge in [-0.25, -0.2) is 0 Å². The van der Waals surface area contributed by atoms with E-state index in [9.17, 15) is 14.4 Å². The number of ketones is 2. The van der Waals surface area contributed by atoms with Gasteiger partial charge in [0.2, 0.25) is 0 Å². The molecule has 0 aromatic heterocycles. The molecule has 1 saturated carbocycles. The molecule has 1 fully saturated rings. The van der Waals surface area contributed by atoms with Crippen molar-refractivity contribution in [2.45, 2.75) is 52.1 Å². The fraction of sp³-hybridized carbons (Fsp3) is 0.400. The van der Waals surface area contributed by atoms with Gasteiger partial charge in [-0.15, -0.1) is 0 Å². The van der Waals surface area contributed by atoms with E-state index in [0.717, 1.165) is 6.42 Å². The highest BCUT2D eigenvalue weighted by atomic mass is 16.2. The predicted molar refractivity (Wildman–Crippen MR) is 116 cm³/mol. The first-order chi connectivity index (χ1) is 14.4. The molecule has 0 unspecified atom stereocenters. The second-order valence-corrected chi connectivity index (χ2v) is 8.87. The number of amides is 1. The van der Waals surface area contributed by atoms with Crippen molar-refractivity contribution in [3.05, 3.63) is 64.7 Å². The molecule has 2 aromatic rings. The second kappa shape index (κ2) is 8.15. The molecular weight excluding hydrogens is 376 g/mol. The fourth-order valence-electron chi connectivity index (χ4n) is 4.79. The normalized spacial score (nSPS) is 24.0. The topological polar surface area (TPSA) is 79.8 Å². The van der Waals surface area contributed by atoms with E-state index in [4.69, 9.17) is 0 Å². The Morgan fingerprint density at radius 1 is 0.967 bits per heavy atom. The summed E-state index contributed by atoms with van der Waals surface area (Å²) in [4.78, 5) is 38.4. The predicted octanol–water partition coefficient (Wildman–Crippen LogP) is 3.18. The molecule has 2 aromatic carbocycles. The zero-order valence-corrected chi connectivity index (χ0v) is 17.8. The SMILES string of the molecule is C[C@H]1[C@@H]([NH2+][C@@H](C)C(=O)Nc2ccc3c(c2)C(=O)c2ccccc2C3=O)CCC[C@@H]1C. The molecule has 0 bridgehead atoms. The van der Waals surface area contributed by atoms with Gasteiger partial charge in [0.1, 0.15) is 0 Å². The minimum absolute atomic E-state index is 0.0876. The van der Waals surface area contributed by atoms with Gasteiger partial charge >= 0.3 is 0 Å². The molecule has 2 aliphatic rings. The number of hydrogen-bond donors (Lipinski definition) is 2. The Kier molecular flexibility index (Phi) is 5.56. The van der Waals surface area contributed by atoms with Crippen LogP contribution < -0.4 is 10.6 Å². The van der Waals surface area contributed by atoms with Crippen LogP contribution in [0.3, 0.4) is 0 Å². The van der Waals surface area contributed by atoms with Crippen LogP contribution in [0, 0.1) is 11.8 Å². The lowest BCUT2D eigenvalue weighted by Gasteiger charge is -2.33. The maximum atomic E-state index is 12.9. The average molecular weight is 406 g/mol. The van der Waals surface area contributed by atoms with E-state index in [1.54, 1.807) is 42.5 Å². The molecule has 3 N–H and O–H groups in total. The monoisotopic (exact) mass is 405 g/mol. The third-order valence-electron chi connectivity index (χ3n) is 6.91. The summed E-state index contributed by atoms with van der Waals surface area (Å²) >= 11 is 0. The molecule has 0 heterocycles. The summed E-state index contributed by atoms with van der Waals surface area (Å²) in [6.45, 7) is 6.49. The van der Waals surface area contributed by atoms with Crippen molar-refractivity contribution in [2.24, 2.45) is 11.8 Å². The van der Waals surface area contributed by atoms with E-state index in [-0.39, 0.29) is 23.5 Å². The van der Waals surface area contributed by atoms with Gasteiger partial charge in [0.25, 0.3) is 5.91 Å². The van der Waals surface area contributed by atoms with Crippen LogP contribution in [0.25, 0.3) is 0 Å². The standard InChI is InChI=1S/C25H28N2O3/c1-14-7-6-10-22(15(14)2)26-16(3)25(30)27-17-11-12-20-21(13-17)24(29)19-9-5-4-8-18(19)23(20)28/h4-5,8-9,11-16,22,26H,6-7,10H2,1-3H3,(H,27,30)/p+1/t14-,15+,16-,22-/m0/s1. The lowest BCUT2D eigenvalue weighted by atomic mass is 9.78. The summed E-state index contributed by atoms with van der Waals surface area (Å²) in [6, 6.07) is 12.1. The summed E-state index contributed by atoms with van der Waals surface area (Å²) < 4.78 is 0. The molecule has 5 nitrogen and oxygen atoms in total. The van der Waals surface area contributed by atoms with E-state index in [2.05, 4.69) is 24.5 Å². The van der Waals surface area contributed by atoms with E-state index >= 15 is 0 Å². The van der Waals surface area contributed by atoms with E-state index in [0.29, 0.717) is 45.8 Å². The Labute approximate surface area is 177 Å². The van der Waals surface area contributed by atoms with Gasteiger partial charge in [0.15, 0.2) is 17.6 Å². The van der Waals surface area contributed by atoms with Crippen LogP contribution in [0.4, 0.5) is 5.69 Å². The summed E-state index contributed by atoms with van der Waals surface area (Å²) in [5, 5.41) is 5.11. The number of rotatable bonds is 4. The number of carbonyl (C=O) groups excluding carboxylic acids is 3. The van der Waals surface area contributed by atoms with Gasteiger partial charge in [-0.1, -0.05) is 38.1 Å². The molecule has 4 rings (SSSR count). The quantitative estimate of drug-likeness (QED) is 0.700. The van der Waals surface area contributed by atoms with Crippen molar-refractivity contribution in [2.75, 3.05) is 5.32 Å². The van der Waals surface area contributed by atoms with Crippen LogP contribution in [0.1, 0.15) is 71.9 Å². The van der Waals surface area contributed by atoms with E-state index in [1.165, 1.54) is 12.8 Å². The summed E-state index contributed by atoms with van der Waals surface area (Å²) in [5.41, 5.74) is 2.14. The summed E-state index contributed by atoms with van der Waals surface area (Å²) in [5.74, 6) is 0.847. The summed E-state index contributed by atoms with van der Waals surface area (Å²) in [6.07, 6.45) is 3.61. The Morgan fingerprint density at radius 2 is 1.60 bits per heavy atom. The molecule has 0 radical (unpaired) electrons. The lowest BCUT2D eigenvalue weighted by Crippen LogP contribution is -2.97. The molecule has 0 spiro atoms. The number of quaternary nitrogens is 1. The zero-order chi connectivity index (χ0) is 21.4. The average Bonchev–Trinajstić information content (AvgIpc) is 2.75. The first-order valence-electron chi connectivity index (χ1n) is 10.8. The molecule has 2 aliphatic carbocycles. The molecule has 0 aliphatic heterocycles. The maximum Gasteiger partial charge on any atom is 0.282 e. The number of fused-ring (bicyclic) bond motifs is 2. The van der Waals surface area contributed by atoms with Gasteiger partial charge in [0.05, 0.1) is 6.04 Å². The Balaban J connectivity index is 1.49. The largest absolute Gasteiger partial charge is 0.334 e. The second-order valence-electron chi connectivity index (χ2n) is 8.87. The highest BCUT2D eigenvalue weighted by Gasteiger charge is 2.33. The highest BCUT2D eigenvalue weighted by molar-refractivity contribution is 6.28. The third-order valence-corrected chi connectivity index (χ3v) is 6.91. The van der Waals surface area contributed by atoms with Crippen LogP contribution >= 0.6 is 0 Å². The van der Waals surface area contributed by atoms with Gasteiger partial charge < -0.3 is 10.6 Å². The fourth-order valence-corrected chi connectivity index (χ4v) is 4.79.